The Labute approximate surface area is 112 Å². The lowest BCUT2D eigenvalue weighted by Crippen LogP contribution is -2.31. The Balaban J connectivity index is 2.76. The highest BCUT2D eigenvalue weighted by molar-refractivity contribution is 5.25. The molecule has 0 bridgehead atoms. The number of hydrogen-bond acceptors (Lipinski definition) is 2. The van der Waals surface area contributed by atoms with Crippen LogP contribution >= 0.6 is 0 Å². The second-order valence-corrected chi connectivity index (χ2v) is 6.32. The van der Waals surface area contributed by atoms with E-state index in [2.05, 4.69) is 64.3 Å². The molecule has 0 aliphatic heterocycles. The van der Waals surface area contributed by atoms with Crippen molar-refractivity contribution in [3.63, 3.8) is 0 Å². The highest BCUT2D eigenvalue weighted by Gasteiger charge is 2.23. The number of rotatable bonds is 5. The summed E-state index contributed by atoms with van der Waals surface area (Å²) in [6, 6.07) is 9.02. The fourth-order valence-corrected chi connectivity index (χ4v) is 1.99. The molecule has 1 aromatic rings. The normalized spacial score (nSPS) is 15.4. The molecule has 0 heterocycles. The molecule has 0 saturated carbocycles. The molecule has 2 heteroatoms. The van der Waals surface area contributed by atoms with Gasteiger partial charge in [0.05, 0.1) is 0 Å². The van der Waals surface area contributed by atoms with Gasteiger partial charge in [-0.05, 0) is 35.3 Å². The number of nitrogens with one attached hydrogen (secondary N) is 1. The van der Waals surface area contributed by atoms with E-state index in [1.54, 1.807) is 0 Å². The van der Waals surface area contributed by atoms with Crippen LogP contribution in [0.5, 0.6) is 0 Å². The summed E-state index contributed by atoms with van der Waals surface area (Å²) in [5.74, 6) is 6.33. The number of hydrogen-bond donors (Lipinski definition) is 2. The Morgan fingerprint density at radius 1 is 1.17 bits per heavy atom. The first kappa shape index (κ1) is 15.2. The van der Waals surface area contributed by atoms with Crippen LogP contribution in [0.15, 0.2) is 24.3 Å². The Morgan fingerprint density at radius 2 is 1.72 bits per heavy atom. The molecule has 3 N–H and O–H groups in total. The van der Waals surface area contributed by atoms with Crippen LogP contribution in [0.3, 0.4) is 0 Å². The smallest absolute Gasteiger partial charge is 0.0462 e. The molecule has 0 amide bonds. The maximum absolute atomic E-state index is 5.72. The lowest BCUT2D eigenvalue weighted by Gasteiger charge is -2.30. The van der Waals surface area contributed by atoms with Crippen molar-refractivity contribution in [2.45, 2.75) is 53.5 Å². The standard InChI is InChI=1S/C16H28N2/c1-6-13-7-9-14(10-8-13)15(18-17)11-12(2)16(3,4)5/h7-10,12,15,18H,6,11,17H2,1-5H3. The van der Waals surface area contributed by atoms with Gasteiger partial charge in [-0.3, -0.25) is 11.3 Å². The Morgan fingerprint density at radius 3 is 2.11 bits per heavy atom. The van der Waals surface area contributed by atoms with Crippen LogP contribution in [0.2, 0.25) is 0 Å². The van der Waals surface area contributed by atoms with Gasteiger partial charge in [-0.2, -0.15) is 0 Å². The van der Waals surface area contributed by atoms with Crippen LogP contribution < -0.4 is 11.3 Å². The predicted molar refractivity (Wildman–Crippen MR) is 79.1 cm³/mol. The van der Waals surface area contributed by atoms with Gasteiger partial charge in [-0.25, -0.2) is 0 Å². The third-order valence-electron chi connectivity index (χ3n) is 4.06. The zero-order chi connectivity index (χ0) is 13.8. The van der Waals surface area contributed by atoms with Crippen molar-refractivity contribution < 1.29 is 0 Å². The summed E-state index contributed by atoms with van der Waals surface area (Å²) >= 11 is 0. The minimum atomic E-state index is 0.241. The van der Waals surface area contributed by atoms with E-state index in [0.717, 1.165) is 12.8 Å². The van der Waals surface area contributed by atoms with E-state index in [1.807, 2.05) is 0 Å². The monoisotopic (exact) mass is 248 g/mol. The summed E-state index contributed by atoms with van der Waals surface area (Å²) in [5.41, 5.74) is 5.93. The fourth-order valence-electron chi connectivity index (χ4n) is 1.99. The minimum Gasteiger partial charge on any atom is -0.271 e. The van der Waals surface area contributed by atoms with Crippen molar-refractivity contribution in [1.29, 1.82) is 0 Å². The molecular formula is C16H28N2. The molecule has 102 valence electrons. The van der Waals surface area contributed by atoms with Crippen LogP contribution in [0, 0.1) is 11.3 Å². The van der Waals surface area contributed by atoms with Gasteiger partial charge in [0.2, 0.25) is 0 Å². The molecule has 0 aromatic heterocycles. The number of hydrazine groups is 1. The first-order chi connectivity index (χ1) is 8.38. The van der Waals surface area contributed by atoms with Gasteiger partial charge in [0.1, 0.15) is 0 Å². The highest BCUT2D eigenvalue weighted by Crippen LogP contribution is 2.33. The van der Waals surface area contributed by atoms with E-state index in [0.29, 0.717) is 11.3 Å². The Kier molecular flexibility index (Phi) is 5.36. The lowest BCUT2D eigenvalue weighted by atomic mass is 9.77. The van der Waals surface area contributed by atoms with E-state index in [1.165, 1.54) is 11.1 Å². The van der Waals surface area contributed by atoms with Gasteiger partial charge in [-0.15, -0.1) is 0 Å². The first-order valence-electron chi connectivity index (χ1n) is 6.93. The molecule has 2 nitrogen and oxygen atoms in total. The van der Waals surface area contributed by atoms with E-state index in [4.69, 9.17) is 5.84 Å². The molecule has 0 spiro atoms. The summed E-state index contributed by atoms with van der Waals surface area (Å²) < 4.78 is 0. The van der Waals surface area contributed by atoms with Gasteiger partial charge in [0, 0.05) is 6.04 Å². The summed E-state index contributed by atoms with van der Waals surface area (Å²) in [5, 5.41) is 0. The first-order valence-corrected chi connectivity index (χ1v) is 6.93. The van der Waals surface area contributed by atoms with E-state index in [9.17, 15) is 0 Å². The van der Waals surface area contributed by atoms with Crippen LogP contribution in [0.1, 0.15) is 58.2 Å². The molecule has 0 radical (unpaired) electrons. The third kappa shape index (κ3) is 4.11. The number of aryl methyl sites for hydroxylation is 1. The van der Waals surface area contributed by atoms with Crippen molar-refractivity contribution >= 4 is 0 Å². The molecule has 0 aliphatic carbocycles. The molecule has 2 unspecified atom stereocenters. The molecular weight excluding hydrogens is 220 g/mol. The van der Waals surface area contributed by atoms with Crippen LogP contribution in [-0.2, 0) is 6.42 Å². The average Bonchev–Trinajstić information content (AvgIpc) is 2.34. The predicted octanol–water partition coefficient (Wildman–Crippen LogP) is 3.83. The van der Waals surface area contributed by atoms with Crippen LogP contribution in [0.4, 0.5) is 0 Å². The highest BCUT2D eigenvalue weighted by atomic mass is 15.2. The van der Waals surface area contributed by atoms with E-state index in [-0.39, 0.29) is 6.04 Å². The molecule has 0 fully saturated rings. The maximum Gasteiger partial charge on any atom is 0.0462 e. The zero-order valence-electron chi connectivity index (χ0n) is 12.5. The zero-order valence-corrected chi connectivity index (χ0v) is 12.5. The Bertz CT molecular complexity index is 348. The molecule has 2 atom stereocenters. The molecule has 1 rings (SSSR count). The van der Waals surface area contributed by atoms with Crippen molar-refractivity contribution in [1.82, 2.24) is 5.43 Å². The summed E-state index contributed by atoms with van der Waals surface area (Å²) in [4.78, 5) is 0. The second kappa shape index (κ2) is 6.35. The third-order valence-corrected chi connectivity index (χ3v) is 4.06. The summed E-state index contributed by atoms with van der Waals surface area (Å²) in [7, 11) is 0. The van der Waals surface area contributed by atoms with E-state index < -0.39 is 0 Å². The molecule has 1 aromatic carbocycles. The number of benzene rings is 1. The van der Waals surface area contributed by atoms with Crippen molar-refractivity contribution in [2.75, 3.05) is 0 Å². The van der Waals surface area contributed by atoms with Gasteiger partial charge in [0.25, 0.3) is 0 Å². The van der Waals surface area contributed by atoms with Crippen molar-refractivity contribution in [3.05, 3.63) is 35.4 Å². The quantitative estimate of drug-likeness (QED) is 0.614. The molecule has 0 saturated heterocycles. The van der Waals surface area contributed by atoms with Crippen LogP contribution in [-0.4, -0.2) is 0 Å². The van der Waals surface area contributed by atoms with Gasteiger partial charge < -0.3 is 0 Å². The number of nitrogens with two attached hydrogens (primary N) is 1. The largest absolute Gasteiger partial charge is 0.271 e. The van der Waals surface area contributed by atoms with Gasteiger partial charge in [0.15, 0.2) is 0 Å². The second-order valence-electron chi connectivity index (χ2n) is 6.32. The topological polar surface area (TPSA) is 38.0 Å². The minimum absolute atomic E-state index is 0.241. The lowest BCUT2D eigenvalue weighted by molar-refractivity contribution is 0.223. The SMILES string of the molecule is CCc1ccc(C(CC(C)C(C)(C)C)NN)cc1. The Hall–Kier alpha value is -0.860. The van der Waals surface area contributed by atoms with Crippen molar-refractivity contribution in [2.24, 2.45) is 17.2 Å². The van der Waals surface area contributed by atoms with Crippen molar-refractivity contribution in [3.8, 4) is 0 Å². The molecule has 18 heavy (non-hydrogen) atoms. The van der Waals surface area contributed by atoms with Gasteiger partial charge >= 0.3 is 0 Å². The van der Waals surface area contributed by atoms with Gasteiger partial charge in [-0.1, -0.05) is 58.9 Å². The summed E-state index contributed by atoms with van der Waals surface area (Å²) in [6.45, 7) is 11.3. The fraction of sp³-hybridized carbons (Fsp3) is 0.625. The van der Waals surface area contributed by atoms with Crippen LogP contribution in [0.25, 0.3) is 0 Å². The summed E-state index contributed by atoms with van der Waals surface area (Å²) in [6.07, 6.45) is 2.14. The molecule has 0 aliphatic rings. The van der Waals surface area contributed by atoms with E-state index >= 15 is 0 Å². The average molecular weight is 248 g/mol. The maximum atomic E-state index is 5.72.